The summed E-state index contributed by atoms with van der Waals surface area (Å²) < 4.78 is 24.4. The molecule has 31 heavy (non-hydrogen) atoms. The van der Waals surface area contributed by atoms with Crippen molar-refractivity contribution >= 4 is 9.84 Å². The van der Waals surface area contributed by atoms with Gasteiger partial charge in [0.2, 0.25) is 0 Å². The maximum Gasteiger partial charge on any atom is 0.180 e. The number of aromatic nitrogens is 1. The first-order chi connectivity index (χ1) is 15.1. The first kappa shape index (κ1) is 21.7. The molecule has 3 aromatic rings. The number of sulfone groups is 1. The number of nitrogens with zero attached hydrogens (tertiary/aromatic N) is 1. The third-order valence-corrected chi connectivity index (χ3v) is 7.93. The van der Waals surface area contributed by atoms with Crippen molar-refractivity contribution in [2.45, 2.75) is 49.3 Å². The van der Waals surface area contributed by atoms with E-state index in [4.69, 9.17) is 5.11 Å². The van der Waals surface area contributed by atoms with Gasteiger partial charge in [-0.3, -0.25) is 4.98 Å². The van der Waals surface area contributed by atoms with E-state index in [2.05, 4.69) is 29.2 Å². The van der Waals surface area contributed by atoms with Crippen LogP contribution in [0.4, 0.5) is 0 Å². The van der Waals surface area contributed by atoms with E-state index in [1.54, 1.807) is 12.1 Å². The Bertz CT molecular complexity index is 1100. The van der Waals surface area contributed by atoms with Crippen LogP contribution in [0, 0.1) is 0 Å². The summed E-state index contributed by atoms with van der Waals surface area (Å²) in [6.07, 6.45) is 8.81. The molecule has 0 spiro atoms. The topological polar surface area (TPSA) is 67.3 Å². The SMILES string of the molecule is O=S(=O)(CCO)c1ccc(-c2ccc(C3CCCC3)c(CCc3ccccn3)c2)cc1. The zero-order chi connectivity index (χ0) is 21.7. The molecule has 1 N–H and O–H groups in total. The summed E-state index contributed by atoms with van der Waals surface area (Å²) in [6.45, 7) is -0.369. The molecule has 5 heteroatoms. The van der Waals surface area contributed by atoms with Gasteiger partial charge in [-0.2, -0.15) is 0 Å². The molecule has 1 saturated carbocycles. The molecule has 0 aliphatic heterocycles. The molecule has 1 aromatic heterocycles. The van der Waals surface area contributed by atoms with Gasteiger partial charge in [0.15, 0.2) is 9.84 Å². The van der Waals surface area contributed by atoms with Crippen molar-refractivity contribution in [1.82, 2.24) is 4.98 Å². The second-order valence-electron chi connectivity index (χ2n) is 8.28. The molecule has 1 fully saturated rings. The first-order valence-electron chi connectivity index (χ1n) is 11.0. The van der Waals surface area contributed by atoms with Crippen LogP contribution in [0.3, 0.4) is 0 Å². The van der Waals surface area contributed by atoms with E-state index >= 15 is 0 Å². The van der Waals surface area contributed by atoms with E-state index in [1.807, 2.05) is 30.5 Å². The number of benzene rings is 2. The molecule has 1 aliphatic carbocycles. The average Bonchev–Trinajstić information content (AvgIpc) is 3.33. The van der Waals surface area contributed by atoms with Gasteiger partial charge >= 0.3 is 0 Å². The number of aliphatic hydroxyl groups excluding tert-OH is 1. The highest BCUT2D eigenvalue weighted by atomic mass is 32.2. The fourth-order valence-corrected chi connectivity index (χ4v) is 5.57. The Morgan fingerprint density at radius 2 is 1.65 bits per heavy atom. The number of rotatable bonds is 8. The number of hydrogen-bond acceptors (Lipinski definition) is 4. The minimum atomic E-state index is -3.43. The summed E-state index contributed by atoms with van der Waals surface area (Å²) in [4.78, 5) is 4.73. The smallest absolute Gasteiger partial charge is 0.180 e. The predicted octanol–water partition coefficient (Wildman–Crippen LogP) is 4.96. The van der Waals surface area contributed by atoms with E-state index in [9.17, 15) is 8.42 Å². The van der Waals surface area contributed by atoms with E-state index in [0.29, 0.717) is 5.92 Å². The summed E-state index contributed by atoms with van der Waals surface area (Å²) in [7, 11) is -3.43. The van der Waals surface area contributed by atoms with Gasteiger partial charge in [-0.1, -0.05) is 49.2 Å². The molecule has 162 valence electrons. The lowest BCUT2D eigenvalue weighted by Gasteiger charge is -2.17. The van der Waals surface area contributed by atoms with Crippen LogP contribution in [-0.2, 0) is 22.7 Å². The van der Waals surface area contributed by atoms with Crippen LogP contribution in [0.2, 0.25) is 0 Å². The van der Waals surface area contributed by atoms with Gasteiger partial charge in [0.05, 0.1) is 17.3 Å². The van der Waals surface area contributed by atoms with Crippen LogP contribution in [0.5, 0.6) is 0 Å². The van der Waals surface area contributed by atoms with Crippen LogP contribution < -0.4 is 0 Å². The predicted molar refractivity (Wildman–Crippen MR) is 124 cm³/mol. The van der Waals surface area contributed by atoms with E-state index < -0.39 is 9.84 Å². The lowest BCUT2D eigenvalue weighted by molar-refractivity contribution is 0.319. The summed E-state index contributed by atoms with van der Waals surface area (Å²) in [5.41, 5.74) is 6.03. The summed E-state index contributed by atoms with van der Waals surface area (Å²) in [6, 6.07) is 19.7. The average molecular weight is 436 g/mol. The van der Waals surface area contributed by atoms with Gasteiger partial charge in [-0.15, -0.1) is 0 Å². The highest BCUT2D eigenvalue weighted by Gasteiger charge is 2.20. The second kappa shape index (κ2) is 9.75. The molecule has 0 amide bonds. The molecule has 2 aromatic carbocycles. The molecular formula is C26H29NO3S. The van der Waals surface area contributed by atoms with E-state index in [0.717, 1.165) is 29.7 Å². The van der Waals surface area contributed by atoms with E-state index in [-0.39, 0.29) is 17.3 Å². The Labute approximate surface area is 184 Å². The minimum Gasteiger partial charge on any atom is -0.395 e. The van der Waals surface area contributed by atoms with Crippen LogP contribution in [0.15, 0.2) is 71.8 Å². The number of aryl methyl sites for hydroxylation is 2. The number of hydrogen-bond donors (Lipinski definition) is 1. The van der Waals surface area contributed by atoms with Gasteiger partial charge < -0.3 is 5.11 Å². The first-order valence-corrected chi connectivity index (χ1v) is 12.7. The highest BCUT2D eigenvalue weighted by Crippen LogP contribution is 2.37. The largest absolute Gasteiger partial charge is 0.395 e. The molecule has 0 radical (unpaired) electrons. The molecule has 0 bridgehead atoms. The Kier molecular flexibility index (Phi) is 6.83. The van der Waals surface area contributed by atoms with Crippen LogP contribution >= 0.6 is 0 Å². The van der Waals surface area contributed by atoms with Crippen molar-refractivity contribution in [2.24, 2.45) is 0 Å². The van der Waals surface area contributed by atoms with E-state index in [1.165, 1.54) is 36.8 Å². The number of pyridine rings is 1. The van der Waals surface area contributed by atoms with Gasteiger partial charge in [-0.05, 0) is 78.1 Å². The fourth-order valence-electron chi connectivity index (χ4n) is 4.54. The summed E-state index contributed by atoms with van der Waals surface area (Å²) in [5.74, 6) is 0.388. The summed E-state index contributed by atoms with van der Waals surface area (Å²) >= 11 is 0. The van der Waals surface area contributed by atoms with Crippen molar-refractivity contribution < 1.29 is 13.5 Å². The molecule has 4 nitrogen and oxygen atoms in total. The van der Waals surface area contributed by atoms with Gasteiger partial charge in [0, 0.05) is 11.9 Å². The number of aliphatic hydroxyl groups is 1. The highest BCUT2D eigenvalue weighted by molar-refractivity contribution is 7.91. The van der Waals surface area contributed by atoms with Gasteiger partial charge in [0.1, 0.15) is 0 Å². The quantitative estimate of drug-likeness (QED) is 0.543. The van der Waals surface area contributed by atoms with Crippen molar-refractivity contribution in [2.75, 3.05) is 12.4 Å². The lowest BCUT2D eigenvalue weighted by Crippen LogP contribution is -2.09. The third-order valence-electron chi connectivity index (χ3n) is 6.22. The lowest BCUT2D eigenvalue weighted by atomic mass is 9.88. The molecule has 0 saturated heterocycles. The van der Waals surface area contributed by atoms with Gasteiger partial charge in [0.25, 0.3) is 0 Å². The molecule has 1 aliphatic rings. The van der Waals surface area contributed by atoms with Crippen molar-refractivity contribution in [3.63, 3.8) is 0 Å². The maximum atomic E-state index is 12.2. The maximum absolute atomic E-state index is 12.2. The zero-order valence-electron chi connectivity index (χ0n) is 17.7. The Morgan fingerprint density at radius 1 is 0.903 bits per heavy atom. The van der Waals surface area contributed by atoms with Crippen molar-refractivity contribution in [1.29, 1.82) is 0 Å². The van der Waals surface area contributed by atoms with Crippen LogP contribution in [-0.4, -0.2) is 30.9 Å². The van der Waals surface area contributed by atoms with Crippen molar-refractivity contribution in [3.05, 3.63) is 83.7 Å². The van der Waals surface area contributed by atoms with Gasteiger partial charge in [-0.25, -0.2) is 8.42 Å². The zero-order valence-corrected chi connectivity index (χ0v) is 18.5. The Hall–Kier alpha value is -2.50. The van der Waals surface area contributed by atoms with Crippen LogP contribution in [0.25, 0.3) is 11.1 Å². The summed E-state index contributed by atoms with van der Waals surface area (Å²) in [5, 5.41) is 8.99. The monoisotopic (exact) mass is 435 g/mol. The second-order valence-corrected chi connectivity index (χ2v) is 10.4. The Morgan fingerprint density at radius 3 is 2.32 bits per heavy atom. The molecule has 0 unspecified atom stereocenters. The molecule has 1 heterocycles. The molecule has 0 atom stereocenters. The minimum absolute atomic E-state index is 0.250. The molecule has 4 rings (SSSR count). The fraction of sp³-hybridized carbons (Fsp3) is 0.346. The van der Waals surface area contributed by atoms with Crippen LogP contribution in [0.1, 0.15) is 48.4 Å². The third kappa shape index (κ3) is 5.23. The standard InChI is InChI=1S/C26H29NO3S/c28-17-18-31(29,30)25-13-9-20(10-14-25)22-11-15-26(21-5-1-2-6-21)23(19-22)8-12-24-7-3-4-16-27-24/h3-4,7,9-11,13-16,19,21,28H,1-2,5-6,8,12,17-18H2. The Balaban J connectivity index is 1.62. The normalized spacial score (nSPS) is 14.7. The van der Waals surface area contributed by atoms with Crippen molar-refractivity contribution in [3.8, 4) is 11.1 Å². The molecular weight excluding hydrogens is 406 g/mol.